The van der Waals surface area contributed by atoms with Gasteiger partial charge in [-0.25, -0.2) is 0 Å². The second-order valence-corrected chi connectivity index (χ2v) is 6.88. The molecule has 22 heavy (non-hydrogen) atoms. The molecule has 2 aromatic rings. The van der Waals surface area contributed by atoms with Crippen molar-refractivity contribution in [2.45, 2.75) is 36.6 Å². The normalized spacial score (nSPS) is 13.5. The molecule has 2 aromatic carbocycles. The molecule has 0 spiro atoms. The summed E-state index contributed by atoms with van der Waals surface area (Å²) in [5, 5.41) is 2.71. The Bertz CT molecular complexity index is 666. The van der Waals surface area contributed by atoms with Gasteiger partial charge in [0.05, 0.1) is 6.04 Å². The van der Waals surface area contributed by atoms with Crippen LogP contribution in [-0.4, -0.2) is 16.5 Å². The highest BCUT2D eigenvalue weighted by molar-refractivity contribution is 7.91. The third-order valence-corrected chi connectivity index (χ3v) is 4.48. The summed E-state index contributed by atoms with van der Waals surface area (Å²) in [6, 6.07) is 12.3. The number of rotatable bonds is 4. The summed E-state index contributed by atoms with van der Waals surface area (Å²) < 4.78 is 12.7. The number of aryl methyl sites for hydroxylation is 2. The zero-order valence-electron chi connectivity index (χ0n) is 12.9. The number of hydrogen-bond acceptors (Lipinski definition) is 3. The van der Waals surface area contributed by atoms with Gasteiger partial charge in [-0.05, 0) is 56.2 Å². The summed E-state index contributed by atoms with van der Waals surface area (Å²) in [7, 11) is 0. The van der Waals surface area contributed by atoms with E-state index in [1.807, 2.05) is 32.0 Å². The number of hydrogen-bond donors (Lipinski definition) is 2. The van der Waals surface area contributed by atoms with Gasteiger partial charge in [0.25, 0.3) is 0 Å². The highest BCUT2D eigenvalue weighted by atomic mass is 32.2. The lowest BCUT2D eigenvalue weighted by atomic mass is 10.2. The summed E-state index contributed by atoms with van der Waals surface area (Å²) >= 11 is -1.29. The molecular weight excluding hydrogens is 296 g/mol. The minimum atomic E-state index is -1.29. The smallest absolute Gasteiger partial charge is 0.241 e. The van der Waals surface area contributed by atoms with Crippen LogP contribution in [0.3, 0.4) is 0 Å². The van der Waals surface area contributed by atoms with Crippen molar-refractivity contribution in [3.8, 4) is 0 Å². The molecule has 0 fully saturated rings. The predicted molar refractivity (Wildman–Crippen MR) is 89.3 cm³/mol. The van der Waals surface area contributed by atoms with Gasteiger partial charge in [0, 0.05) is 22.9 Å². The first-order chi connectivity index (χ1) is 10.4. The Kier molecular flexibility index (Phi) is 5.24. The average Bonchev–Trinajstić information content (AvgIpc) is 2.45. The third kappa shape index (κ3) is 4.10. The zero-order valence-corrected chi connectivity index (χ0v) is 13.7. The van der Waals surface area contributed by atoms with Gasteiger partial charge < -0.3 is 15.6 Å². The maximum absolute atomic E-state index is 12.7. The van der Waals surface area contributed by atoms with E-state index in [2.05, 4.69) is 5.32 Å². The van der Waals surface area contributed by atoms with E-state index in [0.717, 1.165) is 16.0 Å². The van der Waals surface area contributed by atoms with E-state index in [1.54, 1.807) is 31.2 Å². The number of anilines is 1. The molecule has 4 nitrogen and oxygen atoms in total. The van der Waals surface area contributed by atoms with Crippen LogP contribution in [0.4, 0.5) is 5.69 Å². The van der Waals surface area contributed by atoms with Crippen LogP contribution in [0.25, 0.3) is 0 Å². The van der Waals surface area contributed by atoms with E-state index >= 15 is 0 Å². The first-order valence-electron chi connectivity index (χ1n) is 7.03. The predicted octanol–water partition coefficient (Wildman–Crippen LogP) is 2.76. The fourth-order valence-corrected chi connectivity index (χ4v) is 3.42. The molecule has 3 N–H and O–H groups in total. The standard InChI is InChI=1S/C17H20N2O2S/c1-11-7-12(2)9-16(8-11)22(21)15-6-4-5-14(10-15)19-17(20)13(3)18/h4-10,13H,18H2,1-3H3,(H,19,20). The average molecular weight is 316 g/mol. The van der Waals surface area contributed by atoms with Gasteiger partial charge in [0.2, 0.25) is 5.91 Å². The van der Waals surface area contributed by atoms with Crippen molar-refractivity contribution >= 4 is 22.8 Å². The fraction of sp³-hybridized carbons (Fsp3) is 0.235. The van der Waals surface area contributed by atoms with Crippen LogP contribution >= 0.6 is 0 Å². The minimum absolute atomic E-state index is 0.269. The number of amides is 1. The van der Waals surface area contributed by atoms with Crippen molar-refractivity contribution in [2.24, 2.45) is 5.73 Å². The van der Waals surface area contributed by atoms with Crippen LogP contribution in [0, 0.1) is 13.8 Å². The maximum Gasteiger partial charge on any atom is 0.241 e. The zero-order chi connectivity index (χ0) is 16.3. The van der Waals surface area contributed by atoms with Crippen molar-refractivity contribution < 1.29 is 9.35 Å². The quantitative estimate of drug-likeness (QED) is 0.851. The first kappa shape index (κ1) is 16.5. The molecule has 0 aliphatic carbocycles. The van der Waals surface area contributed by atoms with Gasteiger partial charge >= 0.3 is 0 Å². The lowest BCUT2D eigenvalue weighted by Gasteiger charge is -2.13. The van der Waals surface area contributed by atoms with Crippen LogP contribution in [0.1, 0.15) is 18.1 Å². The molecular formula is C17H20N2O2S. The minimum Gasteiger partial charge on any atom is -0.606 e. The second kappa shape index (κ2) is 6.96. The Morgan fingerprint density at radius 1 is 1.14 bits per heavy atom. The molecule has 0 aliphatic heterocycles. The van der Waals surface area contributed by atoms with Gasteiger partial charge in [-0.3, -0.25) is 4.79 Å². The lowest BCUT2D eigenvalue weighted by molar-refractivity contribution is -0.117. The van der Waals surface area contributed by atoms with Crippen LogP contribution in [0.15, 0.2) is 52.3 Å². The number of benzene rings is 2. The summed E-state index contributed by atoms with van der Waals surface area (Å²) in [6.07, 6.45) is 0. The molecule has 0 radical (unpaired) electrons. The van der Waals surface area contributed by atoms with E-state index in [-0.39, 0.29) is 5.91 Å². The first-order valence-corrected chi connectivity index (χ1v) is 8.18. The van der Waals surface area contributed by atoms with Gasteiger partial charge in [-0.1, -0.05) is 12.1 Å². The van der Waals surface area contributed by atoms with Crippen molar-refractivity contribution in [3.05, 3.63) is 53.6 Å². The van der Waals surface area contributed by atoms with E-state index in [1.165, 1.54) is 0 Å². The lowest BCUT2D eigenvalue weighted by Crippen LogP contribution is -2.32. The van der Waals surface area contributed by atoms with Crippen molar-refractivity contribution in [1.29, 1.82) is 0 Å². The number of nitrogens with two attached hydrogens (primary N) is 1. The Labute approximate surface area is 133 Å². The number of carbonyl (C=O) groups is 1. The van der Waals surface area contributed by atoms with Crippen LogP contribution in [-0.2, 0) is 16.0 Å². The molecule has 1 amide bonds. The van der Waals surface area contributed by atoms with E-state index in [9.17, 15) is 9.35 Å². The topological polar surface area (TPSA) is 78.2 Å². The molecule has 2 atom stereocenters. The molecule has 5 heteroatoms. The molecule has 0 aromatic heterocycles. The largest absolute Gasteiger partial charge is 0.606 e. The number of carbonyl (C=O) groups excluding carboxylic acids is 1. The Morgan fingerprint density at radius 3 is 2.36 bits per heavy atom. The van der Waals surface area contributed by atoms with Gasteiger partial charge in [0.1, 0.15) is 0 Å². The van der Waals surface area contributed by atoms with Crippen LogP contribution in [0.5, 0.6) is 0 Å². The molecule has 0 bridgehead atoms. The Balaban J connectivity index is 2.26. The monoisotopic (exact) mass is 316 g/mol. The summed E-state index contributed by atoms with van der Waals surface area (Å²) in [4.78, 5) is 13.0. The van der Waals surface area contributed by atoms with Crippen LogP contribution < -0.4 is 11.1 Å². The van der Waals surface area contributed by atoms with E-state index in [0.29, 0.717) is 10.6 Å². The van der Waals surface area contributed by atoms with E-state index < -0.39 is 17.2 Å². The third-order valence-electron chi connectivity index (χ3n) is 3.14. The Morgan fingerprint density at radius 2 is 1.77 bits per heavy atom. The molecule has 0 saturated carbocycles. The Hall–Kier alpha value is -1.82. The molecule has 0 aliphatic rings. The molecule has 2 unspecified atom stereocenters. The highest BCUT2D eigenvalue weighted by Crippen LogP contribution is 2.25. The molecule has 116 valence electrons. The maximum atomic E-state index is 12.7. The summed E-state index contributed by atoms with van der Waals surface area (Å²) in [6.45, 7) is 5.58. The van der Waals surface area contributed by atoms with Crippen LogP contribution in [0.2, 0.25) is 0 Å². The highest BCUT2D eigenvalue weighted by Gasteiger charge is 2.17. The second-order valence-electron chi connectivity index (χ2n) is 5.40. The fourth-order valence-electron chi connectivity index (χ4n) is 2.12. The van der Waals surface area contributed by atoms with Crippen molar-refractivity contribution in [3.63, 3.8) is 0 Å². The summed E-state index contributed by atoms with van der Waals surface area (Å²) in [5.41, 5.74) is 8.28. The SMILES string of the molecule is Cc1cc(C)cc([S+]([O-])c2cccc(NC(=O)C(C)N)c2)c1. The molecule has 0 heterocycles. The van der Waals surface area contributed by atoms with Crippen molar-refractivity contribution in [1.82, 2.24) is 0 Å². The number of nitrogens with one attached hydrogen (secondary N) is 1. The van der Waals surface area contributed by atoms with Crippen molar-refractivity contribution in [2.75, 3.05) is 5.32 Å². The molecule has 0 saturated heterocycles. The molecule has 2 rings (SSSR count). The van der Waals surface area contributed by atoms with E-state index in [4.69, 9.17) is 5.73 Å². The summed E-state index contributed by atoms with van der Waals surface area (Å²) in [5.74, 6) is -0.269. The van der Waals surface area contributed by atoms with Gasteiger partial charge in [-0.15, -0.1) is 0 Å². The van der Waals surface area contributed by atoms with Gasteiger partial charge in [-0.2, -0.15) is 0 Å². The van der Waals surface area contributed by atoms with Gasteiger partial charge in [0.15, 0.2) is 9.79 Å².